The zero-order valence-electron chi connectivity index (χ0n) is 9.21. The number of nitrogens with zero attached hydrogens (tertiary/aromatic N) is 1. The van der Waals surface area contributed by atoms with Gasteiger partial charge in [0.2, 0.25) is 5.96 Å². The second kappa shape index (κ2) is 4.21. The summed E-state index contributed by atoms with van der Waals surface area (Å²) in [5.74, 6) is -1.02. The lowest BCUT2D eigenvalue weighted by molar-refractivity contribution is -0.135. The number of amides is 2. The summed E-state index contributed by atoms with van der Waals surface area (Å²) in [7, 11) is 0. The Labute approximate surface area is 93.4 Å². The van der Waals surface area contributed by atoms with Crippen LogP contribution >= 0.6 is 0 Å². The number of hydrogen-bond acceptors (Lipinski definition) is 4. The molecule has 0 saturated carbocycles. The van der Waals surface area contributed by atoms with E-state index in [0.717, 1.165) is 26.1 Å². The zero-order chi connectivity index (χ0) is 11.6. The molecule has 6 heteroatoms. The van der Waals surface area contributed by atoms with Crippen molar-refractivity contribution in [2.24, 2.45) is 10.4 Å². The highest BCUT2D eigenvalue weighted by atomic mass is 16.5. The number of nitrogens with one attached hydrogen (secondary N) is 2. The Kier molecular flexibility index (Phi) is 2.91. The van der Waals surface area contributed by atoms with E-state index < -0.39 is 11.8 Å². The predicted octanol–water partition coefficient (Wildman–Crippen LogP) is -0.595. The molecular formula is C10H15N3O3. The predicted molar refractivity (Wildman–Crippen MR) is 56.7 cm³/mol. The van der Waals surface area contributed by atoms with Gasteiger partial charge in [-0.1, -0.05) is 6.92 Å². The molecule has 2 rings (SSSR count). The normalized spacial score (nSPS) is 23.9. The Morgan fingerprint density at radius 3 is 2.38 bits per heavy atom. The van der Waals surface area contributed by atoms with Crippen molar-refractivity contribution in [2.75, 3.05) is 19.8 Å². The van der Waals surface area contributed by atoms with Gasteiger partial charge in [0.1, 0.15) is 0 Å². The lowest BCUT2D eigenvalue weighted by Gasteiger charge is -2.31. The van der Waals surface area contributed by atoms with Crippen LogP contribution in [0.25, 0.3) is 0 Å². The van der Waals surface area contributed by atoms with Crippen LogP contribution in [0.2, 0.25) is 0 Å². The Balaban J connectivity index is 1.93. The average molecular weight is 225 g/mol. The second-order valence-electron chi connectivity index (χ2n) is 4.50. The van der Waals surface area contributed by atoms with E-state index in [1.165, 1.54) is 0 Å². The number of guanidine groups is 1. The van der Waals surface area contributed by atoms with E-state index in [9.17, 15) is 9.59 Å². The highest BCUT2D eigenvalue weighted by molar-refractivity contribution is 6.45. The molecule has 0 bridgehead atoms. The van der Waals surface area contributed by atoms with Crippen molar-refractivity contribution >= 4 is 17.8 Å². The summed E-state index contributed by atoms with van der Waals surface area (Å²) in [5.41, 5.74) is 0.100. The van der Waals surface area contributed by atoms with Crippen LogP contribution in [-0.2, 0) is 14.3 Å². The van der Waals surface area contributed by atoms with Crippen molar-refractivity contribution in [1.82, 2.24) is 10.6 Å². The minimum absolute atomic E-state index is 0.100. The lowest BCUT2D eigenvalue weighted by atomic mass is 9.83. The summed E-state index contributed by atoms with van der Waals surface area (Å²) >= 11 is 0. The smallest absolute Gasteiger partial charge is 0.316 e. The fourth-order valence-corrected chi connectivity index (χ4v) is 1.73. The van der Waals surface area contributed by atoms with Gasteiger partial charge >= 0.3 is 11.8 Å². The minimum Gasteiger partial charge on any atom is -0.381 e. The van der Waals surface area contributed by atoms with Crippen molar-refractivity contribution in [3.05, 3.63) is 0 Å². The summed E-state index contributed by atoms with van der Waals surface area (Å²) in [6.07, 6.45) is 1.90. The average Bonchev–Trinajstić information content (AvgIpc) is 2.57. The van der Waals surface area contributed by atoms with Gasteiger partial charge in [0.15, 0.2) is 0 Å². The Bertz CT molecular complexity index is 327. The summed E-state index contributed by atoms with van der Waals surface area (Å²) in [6.45, 7) is 4.23. The summed E-state index contributed by atoms with van der Waals surface area (Å²) < 4.78 is 5.28. The number of hydrogen-bond donors (Lipinski definition) is 2. The topological polar surface area (TPSA) is 79.8 Å². The standard InChI is InChI=1S/C10H15N3O3/c1-10(2-4-16-5-3-10)6-11-9-12-7(14)8(15)13-9/h2-6H2,1H3,(H2,11,12,13,14,15). The lowest BCUT2D eigenvalue weighted by Crippen LogP contribution is -2.32. The number of rotatable bonds is 2. The zero-order valence-corrected chi connectivity index (χ0v) is 9.21. The molecule has 0 atom stereocenters. The largest absolute Gasteiger partial charge is 0.381 e. The number of aliphatic imine (C=N–C) groups is 1. The van der Waals surface area contributed by atoms with Gasteiger partial charge in [0.25, 0.3) is 0 Å². The van der Waals surface area contributed by atoms with Gasteiger partial charge in [0.05, 0.1) is 0 Å². The third-order valence-corrected chi connectivity index (χ3v) is 2.99. The van der Waals surface area contributed by atoms with Gasteiger partial charge in [0, 0.05) is 19.8 Å². The summed E-state index contributed by atoms with van der Waals surface area (Å²) in [6, 6.07) is 0. The molecule has 2 aliphatic heterocycles. The van der Waals surface area contributed by atoms with E-state index in [4.69, 9.17) is 4.74 Å². The van der Waals surface area contributed by atoms with Crippen LogP contribution in [0.1, 0.15) is 19.8 Å². The van der Waals surface area contributed by atoms with Crippen LogP contribution in [0.5, 0.6) is 0 Å². The van der Waals surface area contributed by atoms with Crippen LogP contribution in [0, 0.1) is 5.41 Å². The molecule has 2 N–H and O–H groups in total. The van der Waals surface area contributed by atoms with Crippen LogP contribution in [0.4, 0.5) is 0 Å². The molecule has 2 aliphatic rings. The van der Waals surface area contributed by atoms with Gasteiger partial charge in [-0.05, 0) is 18.3 Å². The number of carbonyl (C=O) groups is 2. The molecule has 6 nitrogen and oxygen atoms in total. The highest BCUT2D eigenvalue weighted by Gasteiger charge is 2.29. The van der Waals surface area contributed by atoms with Gasteiger partial charge in [-0.2, -0.15) is 0 Å². The molecule has 0 radical (unpaired) electrons. The molecule has 0 aromatic heterocycles. The Morgan fingerprint density at radius 2 is 1.81 bits per heavy atom. The summed E-state index contributed by atoms with van der Waals surface area (Å²) in [4.78, 5) is 26.0. The fraction of sp³-hybridized carbons (Fsp3) is 0.700. The quantitative estimate of drug-likeness (QED) is 0.616. The summed E-state index contributed by atoms with van der Waals surface area (Å²) in [5, 5.41) is 4.76. The third-order valence-electron chi connectivity index (χ3n) is 2.99. The van der Waals surface area contributed by atoms with Crippen molar-refractivity contribution < 1.29 is 14.3 Å². The van der Waals surface area contributed by atoms with Crippen LogP contribution < -0.4 is 10.6 Å². The molecule has 16 heavy (non-hydrogen) atoms. The van der Waals surface area contributed by atoms with E-state index in [-0.39, 0.29) is 11.4 Å². The first-order chi connectivity index (χ1) is 7.59. The molecule has 0 aromatic carbocycles. The van der Waals surface area contributed by atoms with E-state index in [1.807, 2.05) is 0 Å². The minimum atomic E-state index is -0.643. The van der Waals surface area contributed by atoms with Crippen molar-refractivity contribution in [2.45, 2.75) is 19.8 Å². The molecule has 0 aromatic rings. The molecule has 2 fully saturated rings. The molecule has 2 saturated heterocycles. The first kappa shape index (κ1) is 11.1. The number of ether oxygens (including phenoxy) is 1. The van der Waals surface area contributed by atoms with Crippen molar-refractivity contribution in [1.29, 1.82) is 0 Å². The van der Waals surface area contributed by atoms with Gasteiger partial charge in [-0.3, -0.25) is 25.2 Å². The molecule has 88 valence electrons. The maximum atomic E-state index is 10.9. The van der Waals surface area contributed by atoms with Crippen LogP contribution in [-0.4, -0.2) is 37.5 Å². The third kappa shape index (κ3) is 2.38. The van der Waals surface area contributed by atoms with Crippen molar-refractivity contribution in [3.8, 4) is 0 Å². The molecule has 0 spiro atoms. The van der Waals surface area contributed by atoms with Gasteiger partial charge < -0.3 is 4.74 Å². The molecular weight excluding hydrogens is 210 g/mol. The first-order valence-electron chi connectivity index (χ1n) is 5.34. The molecule has 0 aliphatic carbocycles. The van der Waals surface area contributed by atoms with E-state index >= 15 is 0 Å². The first-order valence-corrected chi connectivity index (χ1v) is 5.34. The maximum Gasteiger partial charge on any atom is 0.316 e. The molecule has 2 heterocycles. The molecule has 2 amide bonds. The van der Waals surface area contributed by atoms with E-state index in [2.05, 4.69) is 22.5 Å². The van der Waals surface area contributed by atoms with E-state index in [1.54, 1.807) is 0 Å². The highest BCUT2D eigenvalue weighted by Crippen LogP contribution is 2.29. The SMILES string of the molecule is CC1(CN=C2NC(=O)C(=O)N2)CCOCC1. The fourth-order valence-electron chi connectivity index (χ4n) is 1.73. The van der Waals surface area contributed by atoms with Crippen LogP contribution in [0.3, 0.4) is 0 Å². The molecule has 0 unspecified atom stereocenters. The Morgan fingerprint density at radius 1 is 1.25 bits per heavy atom. The van der Waals surface area contributed by atoms with Gasteiger partial charge in [-0.25, -0.2) is 0 Å². The van der Waals surface area contributed by atoms with Gasteiger partial charge in [-0.15, -0.1) is 0 Å². The Hall–Kier alpha value is -1.43. The monoisotopic (exact) mass is 225 g/mol. The number of carbonyl (C=O) groups excluding carboxylic acids is 2. The van der Waals surface area contributed by atoms with Crippen molar-refractivity contribution in [3.63, 3.8) is 0 Å². The van der Waals surface area contributed by atoms with E-state index in [0.29, 0.717) is 6.54 Å². The second-order valence-corrected chi connectivity index (χ2v) is 4.50. The maximum absolute atomic E-state index is 10.9. The van der Waals surface area contributed by atoms with Crippen LogP contribution in [0.15, 0.2) is 4.99 Å².